The molecule has 1 atom stereocenters. The average Bonchev–Trinajstić information content (AvgIpc) is 1.98. The topological polar surface area (TPSA) is 46.2 Å². The lowest BCUT2D eigenvalue weighted by atomic mass is 10.1. The fourth-order valence-corrected chi connectivity index (χ4v) is 0.792. The Hall–Kier alpha value is -0.340. The van der Waals surface area contributed by atoms with Crippen LogP contribution in [0.1, 0.15) is 25.7 Å². The van der Waals surface area contributed by atoms with E-state index < -0.39 is 0 Å². The molecule has 0 heterocycles. The van der Waals surface area contributed by atoms with Gasteiger partial charge in [-0.15, -0.1) is 6.58 Å². The predicted octanol–water partition coefficient (Wildman–Crippen LogP) is 1.05. The Morgan fingerprint density at radius 2 is 2.10 bits per heavy atom. The number of rotatable bonds is 6. The first-order valence-corrected chi connectivity index (χ1v) is 3.82. The third-order valence-corrected chi connectivity index (χ3v) is 1.48. The van der Waals surface area contributed by atoms with Gasteiger partial charge < -0.3 is 10.8 Å². The fourth-order valence-electron chi connectivity index (χ4n) is 0.792. The van der Waals surface area contributed by atoms with Crippen molar-refractivity contribution in [1.82, 2.24) is 0 Å². The zero-order valence-electron chi connectivity index (χ0n) is 6.42. The predicted molar refractivity (Wildman–Crippen MR) is 43.7 cm³/mol. The molecule has 0 aromatic rings. The molecule has 0 aliphatic carbocycles. The van der Waals surface area contributed by atoms with Crippen molar-refractivity contribution in [2.75, 3.05) is 6.54 Å². The SMILES string of the molecule is C=CC(O)CCCCCN. The van der Waals surface area contributed by atoms with Gasteiger partial charge in [0.25, 0.3) is 0 Å². The van der Waals surface area contributed by atoms with Gasteiger partial charge in [0, 0.05) is 0 Å². The number of aliphatic hydroxyl groups excluding tert-OH is 1. The van der Waals surface area contributed by atoms with Gasteiger partial charge in [-0.1, -0.05) is 18.9 Å². The van der Waals surface area contributed by atoms with E-state index in [-0.39, 0.29) is 6.10 Å². The maximum atomic E-state index is 9.01. The highest BCUT2D eigenvalue weighted by Crippen LogP contribution is 2.02. The van der Waals surface area contributed by atoms with Crippen molar-refractivity contribution < 1.29 is 5.11 Å². The number of nitrogens with two attached hydrogens (primary N) is 1. The van der Waals surface area contributed by atoms with Crippen molar-refractivity contribution in [3.8, 4) is 0 Å². The molecule has 2 heteroatoms. The van der Waals surface area contributed by atoms with Crippen molar-refractivity contribution in [3.05, 3.63) is 12.7 Å². The van der Waals surface area contributed by atoms with Crippen molar-refractivity contribution in [2.45, 2.75) is 31.8 Å². The third-order valence-electron chi connectivity index (χ3n) is 1.48. The summed E-state index contributed by atoms with van der Waals surface area (Å²) in [6.45, 7) is 4.24. The van der Waals surface area contributed by atoms with Gasteiger partial charge in [-0.05, 0) is 19.4 Å². The quantitative estimate of drug-likeness (QED) is 0.431. The highest BCUT2D eigenvalue weighted by Gasteiger charge is 1.95. The van der Waals surface area contributed by atoms with Crippen LogP contribution in [0.2, 0.25) is 0 Å². The van der Waals surface area contributed by atoms with E-state index in [2.05, 4.69) is 6.58 Å². The van der Waals surface area contributed by atoms with Crippen LogP contribution in [0.25, 0.3) is 0 Å². The van der Waals surface area contributed by atoms with Crippen molar-refractivity contribution >= 4 is 0 Å². The second kappa shape index (κ2) is 6.78. The Morgan fingerprint density at radius 1 is 1.40 bits per heavy atom. The van der Waals surface area contributed by atoms with Crippen LogP contribution in [0, 0.1) is 0 Å². The Balaban J connectivity index is 2.95. The number of hydrogen-bond donors (Lipinski definition) is 2. The molecular weight excluding hydrogens is 126 g/mol. The molecule has 0 aromatic carbocycles. The van der Waals surface area contributed by atoms with Crippen LogP contribution in [0.5, 0.6) is 0 Å². The van der Waals surface area contributed by atoms with Crippen molar-refractivity contribution in [1.29, 1.82) is 0 Å². The van der Waals surface area contributed by atoms with Gasteiger partial charge in [-0.3, -0.25) is 0 Å². The zero-order chi connectivity index (χ0) is 7.82. The molecule has 0 saturated carbocycles. The van der Waals surface area contributed by atoms with Crippen LogP contribution >= 0.6 is 0 Å². The summed E-state index contributed by atoms with van der Waals surface area (Å²) in [6, 6.07) is 0. The van der Waals surface area contributed by atoms with Gasteiger partial charge in [0.2, 0.25) is 0 Å². The minimum absolute atomic E-state index is 0.322. The fraction of sp³-hybridized carbons (Fsp3) is 0.750. The number of hydrogen-bond acceptors (Lipinski definition) is 2. The molecule has 10 heavy (non-hydrogen) atoms. The van der Waals surface area contributed by atoms with Crippen molar-refractivity contribution in [2.24, 2.45) is 5.73 Å². The van der Waals surface area contributed by atoms with E-state index in [0.717, 1.165) is 32.2 Å². The lowest BCUT2D eigenvalue weighted by Gasteiger charge is -2.02. The lowest BCUT2D eigenvalue weighted by Crippen LogP contribution is -2.02. The first-order valence-electron chi connectivity index (χ1n) is 3.82. The van der Waals surface area contributed by atoms with Gasteiger partial charge in [-0.25, -0.2) is 0 Å². The molecule has 0 bridgehead atoms. The summed E-state index contributed by atoms with van der Waals surface area (Å²) in [4.78, 5) is 0. The highest BCUT2D eigenvalue weighted by atomic mass is 16.3. The normalized spacial score (nSPS) is 13.0. The Labute approximate surface area is 62.7 Å². The molecule has 0 amide bonds. The van der Waals surface area contributed by atoms with Gasteiger partial charge in [0.05, 0.1) is 6.10 Å². The minimum Gasteiger partial charge on any atom is -0.389 e. The third kappa shape index (κ3) is 5.79. The molecule has 1 unspecified atom stereocenters. The highest BCUT2D eigenvalue weighted by molar-refractivity contribution is 4.77. The molecule has 0 rings (SSSR count). The molecule has 60 valence electrons. The average molecular weight is 143 g/mol. The number of aliphatic hydroxyl groups is 1. The summed E-state index contributed by atoms with van der Waals surface area (Å²) in [7, 11) is 0. The first kappa shape index (κ1) is 9.66. The summed E-state index contributed by atoms with van der Waals surface area (Å²) in [5.74, 6) is 0. The van der Waals surface area contributed by atoms with E-state index in [1.807, 2.05) is 0 Å². The van der Waals surface area contributed by atoms with E-state index in [1.54, 1.807) is 6.08 Å². The molecule has 0 fully saturated rings. The molecule has 0 aliphatic heterocycles. The lowest BCUT2D eigenvalue weighted by molar-refractivity contribution is 0.208. The molecule has 2 nitrogen and oxygen atoms in total. The van der Waals surface area contributed by atoms with Gasteiger partial charge in [-0.2, -0.15) is 0 Å². The van der Waals surface area contributed by atoms with E-state index in [4.69, 9.17) is 10.8 Å². The van der Waals surface area contributed by atoms with Crippen molar-refractivity contribution in [3.63, 3.8) is 0 Å². The van der Waals surface area contributed by atoms with Gasteiger partial charge in [0.15, 0.2) is 0 Å². The van der Waals surface area contributed by atoms with E-state index in [9.17, 15) is 0 Å². The summed E-state index contributed by atoms with van der Waals surface area (Å²) in [6.07, 6.45) is 5.29. The maximum Gasteiger partial charge on any atom is 0.0718 e. The molecule has 3 N–H and O–H groups in total. The Kier molecular flexibility index (Phi) is 6.55. The smallest absolute Gasteiger partial charge is 0.0718 e. The van der Waals surface area contributed by atoms with Crippen LogP contribution < -0.4 is 5.73 Å². The maximum absolute atomic E-state index is 9.01. The second-order valence-corrected chi connectivity index (χ2v) is 2.44. The molecule has 0 radical (unpaired) electrons. The van der Waals surface area contributed by atoms with Crippen LogP contribution in [-0.2, 0) is 0 Å². The van der Waals surface area contributed by atoms with Crippen LogP contribution in [0.3, 0.4) is 0 Å². The van der Waals surface area contributed by atoms with E-state index in [1.165, 1.54) is 0 Å². The minimum atomic E-state index is -0.322. The monoisotopic (exact) mass is 143 g/mol. The summed E-state index contributed by atoms with van der Waals surface area (Å²) in [5, 5.41) is 9.01. The molecule has 0 aliphatic rings. The van der Waals surface area contributed by atoms with Gasteiger partial charge >= 0.3 is 0 Å². The number of unbranched alkanes of at least 4 members (excludes halogenated alkanes) is 2. The Morgan fingerprint density at radius 3 is 2.60 bits per heavy atom. The zero-order valence-corrected chi connectivity index (χ0v) is 6.42. The van der Waals surface area contributed by atoms with E-state index in [0.29, 0.717) is 0 Å². The van der Waals surface area contributed by atoms with Crippen LogP contribution in [-0.4, -0.2) is 17.8 Å². The summed E-state index contributed by atoms with van der Waals surface area (Å²) < 4.78 is 0. The summed E-state index contributed by atoms with van der Waals surface area (Å²) >= 11 is 0. The van der Waals surface area contributed by atoms with Crippen LogP contribution in [0.4, 0.5) is 0 Å². The van der Waals surface area contributed by atoms with Crippen LogP contribution in [0.15, 0.2) is 12.7 Å². The Bertz CT molecular complexity index is 83.3. The summed E-state index contributed by atoms with van der Waals surface area (Å²) in [5.41, 5.74) is 5.30. The molecule has 0 spiro atoms. The van der Waals surface area contributed by atoms with Gasteiger partial charge in [0.1, 0.15) is 0 Å². The van der Waals surface area contributed by atoms with E-state index >= 15 is 0 Å². The molecule has 0 aromatic heterocycles. The molecule has 0 saturated heterocycles. The molecular formula is C8H17NO. The first-order chi connectivity index (χ1) is 4.81. The largest absolute Gasteiger partial charge is 0.389 e. The standard InChI is InChI=1S/C8H17NO/c1-2-8(10)6-4-3-5-7-9/h2,8,10H,1,3-7,9H2. The second-order valence-electron chi connectivity index (χ2n) is 2.44.